The maximum absolute atomic E-state index is 13.9. The molecule has 3 aromatic rings. The van der Waals surface area contributed by atoms with Gasteiger partial charge in [-0.3, -0.25) is 9.59 Å². The number of hydrogen-bond donors (Lipinski definition) is 6. The van der Waals surface area contributed by atoms with Gasteiger partial charge in [0.15, 0.2) is 5.03 Å². The van der Waals surface area contributed by atoms with Crippen LogP contribution in [0.2, 0.25) is 0 Å². The quantitative estimate of drug-likeness (QED) is 0.0442. The van der Waals surface area contributed by atoms with Crippen molar-refractivity contribution in [3.05, 3.63) is 105 Å². The van der Waals surface area contributed by atoms with Gasteiger partial charge in [0.05, 0.1) is 20.1 Å². The zero-order valence-electron chi connectivity index (χ0n) is 25.5. The summed E-state index contributed by atoms with van der Waals surface area (Å²) in [5, 5.41) is 23.5. The number of carbonyl (C=O) groups is 3. The van der Waals surface area contributed by atoms with Crippen LogP contribution in [0.15, 0.2) is 77.9 Å². The first kappa shape index (κ1) is 34.6. The number of primary amides is 1. The molecule has 0 heterocycles. The zero-order valence-corrected chi connectivity index (χ0v) is 25.5. The summed E-state index contributed by atoms with van der Waals surface area (Å²) in [6.07, 6.45) is 0.510. The summed E-state index contributed by atoms with van der Waals surface area (Å²) in [5.74, 6) is -0.732. The predicted molar refractivity (Wildman–Crippen MR) is 170 cm³/mol. The number of guanidine groups is 1. The summed E-state index contributed by atoms with van der Waals surface area (Å²) in [6.45, 7) is 0.615. The number of nitrogens with one attached hydrogen (secondary N) is 4. The van der Waals surface area contributed by atoms with Crippen LogP contribution in [0.25, 0.3) is 0 Å². The standard InChI is InChI=1S/C31H38N8O7/c1-45-24-13-9-22(10-14-24)27(23-11-15-25(46-2)16-12-23)29(41)37-26(4-3-17-34-30(32)38-39(43)44)28(40)35-18-20-5-7-21(8-6-20)19-36-31(33)42/h5-16,26-27H,3-4,17-19H2,1-2H3,(H,35,40)(H,37,41)(H3,32,34,38)(H3,33,36,42)/t26-/m1/s1. The minimum absolute atomic E-state index is 0.171. The molecule has 0 fully saturated rings. The van der Waals surface area contributed by atoms with Crippen LogP contribution in [-0.2, 0) is 22.7 Å². The Hall–Kier alpha value is -5.86. The molecule has 15 heteroatoms. The van der Waals surface area contributed by atoms with E-state index in [9.17, 15) is 24.5 Å². The third-order valence-electron chi connectivity index (χ3n) is 6.91. The Balaban J connectivity index is 1.79. The summed E-state index contributed by atoms with van der Waals surface area (Å²) in [7, 11) is 3.10. The van der Waals surface area contributed by atoms with Gasteiger partial charge in [0, 0.05) is 19.6 Å². The molecule has 0 bridgehead atoms. The summed E-state index contributed by atoms with van der Waals surface area (Å²) in [5.41, 5.74) is 13.6. The molecule has 3 rings (SSSR count). The SMILES string of the molecule is COc1ccc(C(C(=O)N[C@H](CCCNC(N)=N[N+](=O)[O-])C(=O)NCc2ccc(CNC(N)=O)cc2)c2ccc(OC)cc2)cc1. The second-order valence-electron chi connectivity index (χ2n) is 10.1. The molecule has 0 aromatic heterocycles. The molecule has 0 saturated carbocycles. The molecule has 0 spiro atoms. The fourth-order valence-electron chi connectivity index (χ4n) is 4.53. The third kappa shape index (κ3) is 11.0. The monoisotopic (exact) mass is 634 g/mol. The van der Waals surface area contributed by atoms with Gasteiger partial charge >= 0.3 is 6.03 Å². The van der Waals surface area contributed by atoms with Crippen LogP contribution in [0.5, 0.6) is 11.5 Å². The smallest absolute Gasteiger partial charge is 0.312 e. The van der Waals surface area contributed by atoms with E-state index in [1.54, 1.807) is 87.0 Å². The van der Waals surface area contributed by atoms with Crippen LogP contribution in [0.4, 0.5) is 4.79 Å². The van der Waals surface area contributed by atoms with E-state index in [1.807, 2.05) is 0 Å². The van der Waals surface area contributed by atoms with Gasteiger partial charge in [-0.2, -0.15) is 0 Å². The van der Waals surface area contributed by atoms with E-state index in [0.717, 1.165) is 11.1 Å². The molecule has 244 valence electrons. The Labute approximate surface area is 265 Å². The van der Waals surface area contributed by atoms with Gasteiger partial charge in [0.25, 0.3) is 5.96 Å². The molecule has 0 aliphatic rings. The van der Waals surface area contributed by atoms with E-state index in [2.05, 4.69) is 26.4 Å². The third-order valence-corrected chi connectivity index (χ3v) is 6.91. The number of carbonyl (C=O) groups excluding carboxylic acids is 3. The van der Waals surface area contributed by atoms with E-state index in [-0.39, 0.29) is 32.0 Å². The van der Waals surface area contributed by atoms with Crippen LogP contribution < -0.4 is 42.2 Å². The molecule has 0 unspecified atom stereocenters. The molecule has 15 nitrogen and oxygen atoms in total. The van der Waals surface area contributed by atoms with Crippen molar-refractivity contribution in [2.75, 3.05) is 20.8 Å². The fourth-order valence-corrected chi connectivity index (χ4v) is 4.53. The number of methoxy groups -OCH3 is 2. The minimum atomic E-state index is -0.957. The molecule has 0 aliphatic carbocycles. The summed E-state index contributed by atoms with van der Waals surface area (Å²) >= 11 is 0. The number of nitro groups is 1. The Morgan fingerprint density at radius 3 is 1.74 bits per heavy atom. The predicted octanol–water partition coefficient (Wildman–Crippen LogP) is 1.68. The van der Waals surface area contributed by atoms with Gasteiger partial charge < -0.3 is 42.2 Å². The Morgan fingerprint density at radius 2 is 1.28 bits per heavy atom. The first-order chi connectivity index (χ1) is 22.1. The second kappa shape index (κ2) is 17.4. The van der Waals surface area contributed by atoms with Gasteiger partial charge in [-0.15, -0.1) is 0 Å². The van der Waals surface area contributed by atoms with Gasteiger partial charge in [-0.25, -0.2) is 14.9 Å². The first-order valence-electron chi connectivity index (χ1n) is 14.3. The van der Waals surface area contributed by atoms with Crippen molar-refractivity contribution in [3.8, 4) is 11.5 Å². The highest BCUT2D eigenvalue weighted by Crippen LogP contribution is 2.28. The lowest BCUT2D eigenvalue weighted by Gasteiger charge is -2.23. The van der Waals surface area contributed by atoms with Crippen LogP contribution in [-0.4, -0.2) is 55.6 Å². The maximum atomic E-state index is 13.9. The highest BCUT2D eigenvalue weighted by atomic mass is 16.7. The van der Waals surface area contributed by atoms with Crippen molar-refractivity contribution >= 4 is 23.8 Å². The summed E-state index contributed by atoms with van der Waals surface area (Å²) < 4.78 is 10.5. The highest BCUT2D eigenvalue weighted by Gasteiger charge is 2.28. The van der Waals surface area contributed by atoms with Crippen molar-refractivity contribution in [3.63, 3.8) is 0 Å². The van der Waals surface area contributed by atoms with Crippen molar-refractivity contribution in [1.82, 2.24) is 21.3 Å². The number of urea groups is 1. The van der Waals surface area contributed by atoms with Crippen LogP contribution in [0.1, 0.15) is 41.0 Å². The zero-order chi connectivity index (χ0) is 33.5. The number of rotatable bonds is 16. The number of nitrogens with two attached hydrogens (primary N) is 2. The van der Waals surface area contributed by atoms with Crippen LogP contribution >= 0.6 is 0 Å². The lowest BCUT2D eigenvalue weighted by Crippen LogP contribution is -2.48. The lowest BCUT2D eigenvalue weighted by molar-refractivity contribution is -0.485. The Morgan fingerprint density at radius 1 is 0.783 bits per heavy atom. The molecular formula is C31H38N8O7. The van der Waals surface area contributed by atoms with Crippen molar-refractivity contribution in [1.29, 1.82) is 0 Å². The van der Waals surface area contributed by atoms with Gasteiger partial charge in [-0.1, -0.05) is 48.5 Å². The van der Waals surface area contributed by atoms with Gasteiger partial charge in [0.1, 0.15) is 22.6 Å². The fraction of sp³-hybridized carbons (Fsp3) is 0.290. The number of nitrogens with zero attached hydrogens (tertiary/aromatic N) is 2. The molecule has 46 heavy (non-hydrogen) atoms. The Kier molecular flexibility index (Phi) is 13.1. The molecule has 1 atom stereocenters. The normalized spacial score (nSPS) is 11.7. The van der Waals surface area contributed by atoms with Crippen molar-refractivity contribution < 1.29 is 28.9 Å². The molecule has 0 saturated heterocycles. The second-order valence-corrected chi connectivity index (χ2v) is 10.1. The molecule has 8 N–H and O–H groups in total. The number of ether oxygens (including phenoxy) is 2. The van der Waals surface area contributed by atoms with E-state index in [1.165, 1.54) is 0 Å². The maximum Gasteiger partial charge on any atom is 0.312 e. The highest BCUT2D eigenvalue weighted by molar-refractivity contribution is 5.92. The van der Waals surface area contributed by atoms with Gasteiger partial charge in [0.2, 0.25) is 11.8 Å². The van der Waals surface area contributed by atoms with E-state index < -0.39 is 34.8 Å². The van der Waals surface area contributed by atoms with E-state index in [0.29, 0.717) is 29.0 Å². The number of benzene rings is 3. The molecule has 0 aliphatic heterocycles. The lowest BCUT2D eigenvalue weighted by atomic mass is 9.90. The minimum Gasteiger partial charge on any atom is -0.497 e. The average Bonchev–Trinajstić information content (AvgIpc) is 3.05. The number of hydrazone groups is 1. The summed E-state index contributed by atoms with van der Waals surface area (Å²) in [6, 6.07) is 19.8. The Bertz CT molecular complexity index is 1450. The van der Waals surface area contributed by atoms with Crippen LogP contribution in [0.3, 0.4) is 0 Å². The number of hydrogen-bond acceptors (Lipinski definition) is 7. The topological polar surface area (TPSA) is 225 Å². The largest absolute Gasteiger partial charge is 0.497 e. The van der Waals surface area contributed by atoms with E-state index in [4.69, 9.17) is 20.9 Å². The van der Waals surface area contributed by atoms with Crippen molar-refractivity contribution in [2.45, 2.75) is 37.9 Å². The first-order valence-corrected chi connectivity index (χ1v) is 14.3. The molecular weight excluding hydrogens is 596 g/mol. The number of amides is 4. The summed E-state index contributed by atoms with van der Waals surface area (Å²) in [4.78, 5) is 48.9. The van der Waals surface area contributed by atoms with Crippen molar-refractivity contribution in [2.24, 2.45) is 16.6 Å². The van der Waals surface area contributed by atoms with Crippen LogP contribution in [0, 0.1) is 10.1 Å². The molecule has 3 aromatic carbocycles. The molecule has 0 radical (unpaired) electrons. The van der Waals surface area contributed by atoms with Gasteiger partial charge in [-0.05, 0) is 59.4 Å². The molecule has 4 amide bonds. The van der Waals surface area contributed by atoms with E-state index >= 15 is 0 Å². The average molecular weight is 635 g/mol.